The van der Waals surface area contributed by atoms with Gasteiger partial charge in [0.05, 0.1) is 0 Å². The molecule has 2 N–H and O–H groups in total. The third-order valence-electron chi connectivity index (χ3n) is 4.39. The largest absolute Gasteiger partial charge is 0.330 e. The molecule has 0 saturated heterocycles. The molecule has 0 amide bonds. The Labute approximate surface area is 143 Å². The average Bonchev–Trinajstić information content (AvgIpc) is 2.91. The van der Waals surface area contributed by atoms with E-state index >= 15 is 0 Å². The lowest BCUT2D eigenvalue weighted by Gasteiger charge is -2.08. The number of pyridine rings is 1. The Morgan fingerprint density at radius 2 is 1.79 bits per heavy atom. The van der Waals surface area contributed by atoms with Crippen LogP contribution in [0.1, 0.15) is 35.4 Å². The SMILES string of the molecule is Cc1ccc(CCc2nc3cc(C)cnc3n2CCCCN)cc1. The van der Waals surface area contributed by atoms with Crippen LogP contribution in [-0.4, -0.2) is 21.1 Å². The van der Waals surface area contributed by atoms with Crippen LogP contribution in [-0.2, 0) is 19.4 Å². The molecule has 3 aromatic rings. The molecular formula is C20H26N4. The molecule has 0 aliphatic rings. The number of nitrogens with zero attached hydrogens (tertiary/aromatic N) is 3. The van der Waals surface area contributed by atoms with Gasteiger partial charge in [-0.2, -0.15) is 0 Å². The van der Waals surface area contributed by atoms with Gasteiger partial charge < -0.3 is 10.3 Å². The van der Waals surface area contributed by atoms with Crippen LogP contribution in [0.4, 0.5) is 0 Å². The van der Waals surface area contributed by atoms with Gasteiger partial charge in [0, 0.05) is 19.2 Å². The maximum absolute atomic E-state index is 5.64. The van der Waals surface area contributed by atoms with Crippen LogP contribution in [0.25, 0.3) is 11.2 Å². The molecule has 0 aliphatic carbocycles. The van der Waals surface area contributed by atoms with E-state index in [4.69, 9.17) is 10.7 Å². The molecule has 0 bridgehead atoms. The molecule has 2 heterocycles. The van der Waals surface area contributed by atoms with Crippen LogP contribution >= 0.6 is 0 Å². The van der Waals surface area contributed by atoms with Gasteiger partial charge in [-0.15, -0.1) is 0 Å². The third kappa shape index (κ3) is 3.82. The van der Waals surface area contributed by atoms with Crippen molar-refractivity contribution in [3.05, 3.63) is 59.0 Å². The summed E-state index contributed by atoms with van der Waals surface area (Å²) >= 11 is 0. The van der Waals surface area contributed by atoms with Gasteiger partial charge in [-0.3, -0.25) is 0 Å². The summed E-state index contributed by atoms with van der Waals surface area (Å²) < 4.78 is 2.28. The number of nitrogens with two attached hydrogens (primary N) is 1. The van der Waals surface area contributed by atoms with E-state index in [2.05, 4.69) is 53.7 Å². The van der Waals surface area contributed by atoms with E-state index in [0.29, 0.717) is 0 Å². The molecule has 1 aromatic carbocycles. The zero-order valence-electron chi connectivity index (χ0n) is 14.6. The summed E-state index contributed by atoms with van der Waals surface area (Å²) in [5.74, 6) is 1.13. The number of aromatic nitrogens is 3. The molecule has 3 rings (SSSR count). The normalized spacial score (nSPS) is 11.3. The molecule has 0 saturated carbocycles. The fourth-order valence-corrected chi connectivity index (χ4v) is 3.01. The Bertz CT molecular complexity index is 802. The minimum absolute atomic E-state index is 0.734. The van der Waals surface area contributed by atoms with E-state index in [1.165, 1.54) is 11.1 Å². The molecular weight excluding hydrogens is 296 g/mol. The van der Waals surface area contributed by atoms with Crippen LogP contribution < -0.4 is 5.73 Å². The maximum Gasteiger partial charge on any atom is 0.160 e. The van der Waals surface area contributed by atoms with Crippen LogP contribution in [0.3, 0.4) is 0 Å². The Kier molecular flexibility index (Phi) is 5.26. The monoisotopic (exact) mass is 322 g/mol. The predicted octanol–water partition coefficient (Wildman–Crippen LogP) is 3.57. The number of benzene rings is 1. The van der Waals surface area contributed by atoms with Crippen LogP contribution in [0.5, 0.6) is 0 Å². The van der Waals surface area contributed by atoms with Crippen molar-refractivity contribution in [2.45, 2.75) is 46.1 Å². The highest BCUT2D eigenvalue weighted by molar-refractivity contribution is 5.72. The summed E-state index contributed by atoms with van der Waals surface area (Å²) in [6, 6.07) is 10.9. The minimum Gasteiger partial charge on any atom is -0.330 e. The Hall–Kier alpha value is -2.20. The molecule has 2 aromatic heterocycles. The number of imidazole rings is 1. The van der Waals surface area contributed by atoms with Crippen molar-refractivity contribution in [3.8, 4) is 0 Å². The van der Waals surface area contributed by atoms with Crippen molar-refractivity contribution >= 4 is 11.2 Å². The molecule has 0 fully saturated rings. The first-order valence-corrected chi connectivity index (χ1v) is 8.75. The molecule has 0 unspecified atom stereocenters. The Morgan fingerprint density at radius 1 is 1.00 bits per heavy atom. The van der Waals surface area contributed by atoms with Crippen LogP contribution in [0.2, 0.25) is 0 Å². The summed E-state index contributed by atoms with van der Waals surface area (Å²) in [5, 5.41) is 0. The fourth-order valence-electron chi connectivity index (χ4n) is 3.01. The Balaban J connectivity index is 1.84. The van der Waals surface area contributed by atoms with E-state index in [9.17, 15) is 0 Å². The molecule has 0 aliphatic heterocycles. The zero-order valence-corrected chi connectivity index (χ0v) is 14.6. The Morgan fingerprint density at radius 3 is 2.54 bits per heavy atom. The molecule has 4 nitrogen and oxygen atoms in total. The van der Waals surface area contributed by atoms with Gasteiger partial charge in [0.1, 0.15) is 11.3 Å². The van der Waals surface area contributed by atoms with E-state index < -0.39 is 0 Å². The van der Waals surface area contributed by atoms with Gasteiger partial charge in [0.15, 0.2) is 5.65 Å². The summed E-state index contributed by atoms with van der Waals surface area (Å²) in [4.78, 5) is 9.47. The van der Waals surface area contributed by atoms with Gasteiger partial charge >= 0.3 is 0 Å². The number of hydrogen-bond acceptors (Lipinski definition) is 3. The summed E-state index contributed by atoms with van der Waals surface area (Å²) in [5.41, 5.74) is 11.4. The van der Waals surface area contributed by atoms with E-state index in [-0.39, 0.29) is 0 Å². The number of fused-ring (bicyclic) bond motifs is 1. The number of hydrogen-bond donors (Lipinski definition) is 1. The first-order chi connectivity index (χ1) is 11.7. The second-order valence-electron chi connectivity index (χ2n) is 6.52. The highest BCUT2D eigenvalue weighted by Crippen LogP contribution is 2.18. The highest BCUT2D eigenvalue weighted by Gasteiger charge is 2.12. The third-order valence-corrected chi connectivity index (χ3v) is 4.39. The molecule has 24 heavy (non-hydrogen) atoms. The quantitative estimate of drug-likeness (QED) is 0.677. The predicted molar refractivity (Wildman–Crippen MR) is 99.1 cm³/mol. The number of rotatable bonds is 7. The van der Waals surface area contributed by atoms with E-state index in [1.54, 1.807) is 0 Å². The lowest BCUT2D eigenvalue weighted by Crippen LogP contribution is -2.08. The van der Waals surface area contributed by atoms with Crippen molar-refractivity contribution in [1.29, 1.82) is 0 Å². The summed E-state index contributed by atoms with van der Waals surface area (Å²) in [6.07, 6.45) is 5.95. The van der Waals surface area contributed by atoms with Gasteiger partial charge in [-0.1, -0.05) is 29.8 Å². The van der Waals surface area contributed by atoms with Crippen molar-refractivity contribution in [1.82, 2.24) is 14.5 Å². The number of unbranched alkanes of at least 4 members (excludes halogenated alkanes) is 1. The first-order valence-electron chi connectivity index (χ1n) is 8.75. The molecule has 126 valence electrons. The fraction of sp³-hybridized carbons (Fsp3) is 0.400. The standard InChI is InChI=1S/C20H26N4/c1-15-5-7-17(8-6-15)9-10-19-23-18-13-16(2)14-22-20(18)24(19)12-4-3-11-21/h5-8,13-14H,3-4,9-12,21H2,1-2H3. The highest BCUT2D eigenvalue weighted by atomic mass is 15.1. The summed E-state index contributed by atoms with van der Waals surface area (Å²) in [6.45, 7) is 5.85. The van der Waals surface area contributed by atoms with E-state index in [1.807, 2.05) is 6.20 Å². The van der Waals surface area contributed by atoms with E-state index in [0.717, 1.165) is 61.3 Å². The van der Waals surface area contributed by atoms with Gasteiger partial charge in [-0.05, 0) is 56.8 Å². The minimum atomic E-state index is 0.734. The average molecular weight is 322 g/mol. The van der Waals surface area contributed by atoms with Crippen molar-refractivity contribution < 1.29 is 0 Å². The summed E-state index contributed by atoms with van der Waals surface area (Å²) in [7, 11) is 0. The molecule has 0 atom stereocenters. The van der Waals surface area contributed by atoms with Gasteiger partial charge in [0.2, 0.25) is 0 Å². The second kappa shape index (κ2) is 7.58. The zero-order chi connectivity index (χ0) is 16.9. The lowest BCUT2D eigenvalue weighted by molar-refractivity contribution is 0.597. The van der Waals surface area contributed by atoms with Crippen molar-refractivity contribution in [3.63, 3.8) is 0 Å². The molecule has 0 spiro atoms. The topological polar surface area (TPSA) is 56.7 Å². The van der Waals surface area contributed by atoms with Crippen LogP contribution in [0, 0.1) is 13.8 Å². The first kappa shape index (κ1) is 16.7. The second-order valence-corrected chi connectivity index (χ2v) is 6.52. The van der Waals surface area contributed by atoms with Gasteiger partial charge in [0.25, 0.3) is 0 Å². The molecule has 0 radical (unpaired) electrons. The van der Waals surface area contributed by atoms with Gasteiger partial charge in [-0.25, -0.2) is 9.97 Å². The smallest absolute Gasteiger partial charge is 0.160 e. The van der Waals surface area contributed by atoms with Crippen LogP contribution in [0.15, 0.2) is 36.5 Å². The molecule has 4 heteroatoms. The number of aryl methyl sites for hydroxylation is 5. The van der Waals surface area contributed by atoms with Crippen molar-refractivity contribution in [2.24, 2.45) is 5.73 Å². The lowest BCUT2D eigenvalue weighted by atomic mass is 10.1. The maximum atomic E-state index is 5.64. The van der Waals surface area contributed by atoms with Crippen molar-refractivity contribution in [2.75, 3.05) is 6.54 Å².